The van der Waals surface area contributed by atoms with Crippen molar-refractivity contribution in [2.24, 2.45) is 0 Å². The normalized spacial score (nSPS) is 15.1. The Morgan fingerprint density at radius 3 is 3.24 bits per heavy atom. The first-order chi connectivity index (χ1) is 8.40. The van der Waals surface area contributed by atoms with Crippen LogP contribution in [0.4, 0.5) is 0 Å². The number of rotatable bonds is 6. The van der Waals surface area contributed by atoms with E-state index in [-0.39, 0.29) is 0 Å². The van der Waals surface area contributed by atoms with Crippen LogP contribution < -0.4 is 10.1 Å². The lowest BCUT2D eigenvalue weighted by Crippen LogP contribution is -2.15. The smallest absolute Gasteiger partial charge is 0.394 e. The highest BCUT2D eigenvalue weighted by atomic mass is 32.1. The predicted octanol–water partition coefficient (Wildman–Crippen LogP) is 2.57. The van der Waals surface area contributed by atoms with Gasteiger partial charge in [0, 0.05) is 17.5 Å². The maximum Gasteiger partial charge on any atom is 0.394 e. The number of nitrogens with one attached hydrogen (secondary N) is 1. The molecule has 0 aliphatic heterocycles. The van der Waals surface area contributed by atoms with Gasteiger partial charge in [-0.3, -0.25) is 0 Å². The Morgan fingerprint density at radius 1 is 1.53 bits per heavy atom. The van der Waals surface area contributed by atoms with Crippen molar-refractivity contribution in [2.75, 3.05) is 0 Å². The molecule has 0 saturated heterocycles. The Hall–Kier alpha value is -1.33. The number of ether oxygens (including phenoxy) is 1. The maximum atomic E-state index is 5.46. The van der Waals surface area contributed by atoms with E-state index in [1.54, 1.807) is 17.6 Å². The van der Waals surface area contributed by atoms with Gasteiger partial charge < -0.3 is 14.5 Å². The second-order valence-electron chi connectivity index (χ2n) is 4.13. The van der Waals surface area contributed by atoms with Crippen LogP contribution in [0.2, 0.25) is 0 Å². The van der Waals surface area contributed by atoms with E-state index in [0.717, 1.165) is 12.2 Å². The minimum absolute atomic E-state index is 0.353. The average molecular weight is 250 g/mol. The summed E-state index contributed by atoms with van der Waals surface area (Å²) in [6, 6.07) is 4.72. The van der Waals surface area contributed by atoms with Crippen LogP contribution in [0.1, 0.15) is 23.4 Å². The van der Waals surface area contributed by atoms with Crippen molar-refractivity contribution in [1.82, 2.24) is 10.3 Å². The summed E-state index contributed by atoms with van der Waals surface area (Å²) >= 11 is 1.66. The summed E-state index contributed by atoms with van der Waals surface area (Å²) in [4.78, 5) is 5.43. The van der Waals surface area contributed by atoms with Gasteiger partial charge in [-0.2, -0.15) is 4.98 Å². The van der Waals surface area contributed by atoms with Crippen molar-refractivity contribution in [3.05, 3.63) is 34.3 Å². The fourth-order valence-corrected chi connectivity index (χ4v) is 2.12. The molecule has 5 heteroatoms. The SMILES string of the molecule is c1csc(COc2nc(CNC3CC3)co2)c1. The van der Waals surface area contributed by atoms with Gasteiger partial charge in [0.15, 0.2) is 0 Å². The Kier molecular flexibility index (Phi) is 3.11. The molecule has 17 heavy (non-hydrogen) atoms. The van der Waals surface area contributed by atoms with Crippen molar-refractivity contribution in [3.63, 3.8) is 0 Å². The first-order valence-electron chi connectivity index (χ1n) is 5.73. The number of nitrogens with zero attached hydrogens (tertiary/aromatic N) is 1. The molecule has 0 radical (unpaired) electrons. The van der Waals surface area contributed by atoms with Gasteiger partial charge in [-0.05, 0) is 24.3 Å². The lowest BCUT2D eigenvalue weighted by atomic mass is 10.5. The van der Waals surface area contributed by atoms with Crippen molar-refractivity contribution >= 4 is 11.3 Å². The molecule has 1 aliphatic rings. The second-order valence-corrected chi connectivity index (χ2v) is 5.16. The third-order valence-corrected chi connectivity index (χ3v) is 3.45. The van der Waals surface area contributed by atoms with Gasteiger partial charge in [0.1, 0.15) is 12.9 Å². The molecular formula is C12H14N2O2S. The molecule has 2 aromatic rings. The summed E-state index contributed by atoms with van der Waals surface area (Å²) in [7, 11) is 0. The van der Waals surface area contributed by atoms with E-state index in [9.17, 15) is 0 Å². The number of oxazole rings is 1. The van der Waals surface area contributed by atoms with Crippen LogP contribution in [0.25, 0.3) is 0 Å². The van der Waals surface area contributed by atoms with Crippen molar-refractivity contribution in [2.45, 2.75) is 32.0 Å². The molecule has 0 unspecified atom stereocenters. The van der Waals surface area contributed by atoms with Crippen LogP contribution in [0.15, 0.2) is 28.2 Å². The van der Waals surface area contributed by atoms with Crippen LogP contribution in [-0.4, -0.2) is 11.0 Å². The van der Waals surface area contributed by atoms with Gasteiger partial charge in [-0.25, -0.2) is 0 Å². The molecule has 2 heterocycles. The molecule has 90 valence electrons. The largest absolute Gasteiger partial charge is 0.444 e. The fraction of sp³-hybridized carbons (Fsp3) is 0.417. The molecule has 2 aromatic heterocycles. The van der Waals surface area contributed by atoms with Crippen molar-refractivity contribution in [3.8, 4) is 6.08 Å². The number of hydrogen-bond donors (Lipinski definition) is 1. The van der Waals surface area contributed by atoms with Gasteiger partial charge >= 0.3 is 6.08 Å². The predicted molar refractivity (Wildman–Crippen MR) is 65.0 cm³/mol. The molecule has 0 aromatic carbocycles. The Labute approximate surface area is 104 Å². The zero-order chi connectivity index (χ0) is 11.5. The summed E-state index contributed by atoms with van der Waals surface area (Å²) in [5.74, 6) is 0. The topological polar surface area (TPSA) is 47.3 Å². The Morgan fingerprint density at radius 2 is 2.47 bits per heavy atom. The standard InChI is InChI=1S/C12H14N2O2S/c1-2-11(17-5-1)8-16-12-14-10(7-15-12)6-13-9-3-4-9/h1-2,5,7,9,13H,3-4,6,8H2. The number of aromatic nitrogens is 1. The molecule has 4 nitrogen and oxygen atoms in total. The molecule has 1 fully saturated rings. The van der Waals surface area contributed by atoms with Crippen LogP contribution in [-0.2, 0) is 13.2 Å². The highest BCUT2D eigenvalue weighted by molar-refractivity contribution is 7.09. The summed E-state index contributed by atoms with van der Waals surface area (Å²) in [5, 5.41) is 5.41. The number of hydrogen-bond acceptors (Lipinski definition) is 5. The Bertz CT molecular complexity index is 463. The van der Waals surface area contributed by atoms with Crippen LogP contribution in [0.3, 0.4) is 0 Å². The first-order valence-corrected chi connectivity index (χ1v) is 6.61. The van der Waals surface area contributed by atoms with Gasteiger partial charge in [0.2, 0.25) is 0 Å². The van der Waals surface area contributed by atoms with E-state index in [1.807, 2.05) is 17.5 Å². The zero-order valence-electron chi connectivity index (χ0n) is 9.39. The zero-order valence-corrected chi connectivity index (χ0v) is 10.2. The van der Waals surface area contributed by atoms with Gasteiger partial charge in [0.25, 0.3) is 0 Å². The first kappa shape index (κ1) is 10.8. The molecule has 3 rings (SSSR count). The van der Waals surface area contributed by atoms with Crippen molar-refractivity contribution < 1.29 is 9.15 Å². The molecule has 1 aliphatic carbocycles. The molecule has 1 saturated carbocycles. The lowest BCUT2D eigenvalue weighted by Gasteiger charge is -1.98. The highest BCUT2D eigenvalue weighted by Crippen LogP contribution is 2.20. The van der Waals surface area contributed by atoms with E-state index < -0.39 is 0 Å². The Balaban J connectivity index is 1.49. The van der Waals surface area contributed by atoms with E-state index in [4.69, 9.17) is 9.15 Å². The summed E-state index contributed by atoms with van der Waals surface area (Å²) in [5.41, 5.74) is 0.901. The molecule has 0 bridgehead atoms. The highest BCUT2D eigenvalue weighted by Gasteiger charge is 2.20. The molecule has 0 amide bonds. The van der Waals surface area contributed by atoms with E-state index in [1.165, 1.54) is 17.7 Å². The van der Waals surface area contributed by atoms with E-state index >= 15 is 0 Å². The summed E-state index contributed by atoms with van der Waals surface area (Å²) in [6.07, 6.45) is 4.56. The molecule has 1 N–H and O–H groups in total. The maximum absolute atomic E-state index is 5.46. The van der Waals surface area contributed by atoms with E-state index in [0.29, 0.717) is 18.7 Å². The molecule has 0 atom stereocenters. The fourth-order valence-electron chi connectivity index (χ4n) is 1.50. The van der Waals surface area contributed by atoms with Crippen LogP contribution in [0.5, 0.6) is 6.08 Å². The quantitative estimate of drug-likeness (QED) is 0.856. The van der Waals surface area contributed by atoms with Gasteiger partial charge in [-0.1, -0.05) is 6.07 Å². The minimum atomic E-state index is 0.353. The van der Waals surface area contributed by atoms with Gasteiger partial charge in [-0.15, -0.1) is 11.3 Å². The average Bonchev–Trinajstić information content (AvgIpc) is 2.86. The number of thiophene rings is 1. The minimum Gasteiger partial charge on any atom is -0.444 e. The van der Waals surface area contributed by atoms with Gasteiger partial charge in [0.05, 0.1) is 5.69 Å². The third-order valence-electron chi connectivity index (χ3n) is 2.60. The van der Waals surface area contributed by atoms with Crippen LogP contribution >= 0.6 is 11.3 Å². The van der Waals surface area contributed by atoms with Crippen LogP contribution in [0, 0.1) is 0 Å². The lowest BCUT2D eigenvalue weighted by molar-refractivity contribution is 0.222. The summed E-state index contributed by atoms with van der Waals surface area (Å²) < 4.78 is 10.7. The monoisotopic (exact) mass is 250 g/mol. The third kappa shape index (κ3) is 3.08. The van der Waals surface area contributed by atoms with Crippen molar-refractivity contribution in [1.29, 1.82) is 0 Å². The molecule has 0 spiro atoms. The molecular weight excluding hydrogens is 236 g/mol. The van der Waals surface area contributed by atoms with E-state index in [2.05, 4.69) is 10.3 Å². The second kappa shape index (κ2) is 4.89. The summed E-state index contributed by atoms with van der Waals surface area (Å²) in [6.45, 7) is 1.28.